The van der Waals surface area contributed by atoms with E-state index < -0.39 is 17.3 Å². The number of hydrogen-bond acceptors (Lipinski definition) is 5. The van der Waals surface area contributed by atoms with Crippen LogP contribution < -0.4 is 5.32 Å². The van der Waals surface area contributed by atoms with Crippen molar-refractivity contribution in [3.05, 3.63) is 65.7 Å². The lowest BCUT2D eigenvalue weighted by Crippen LogP contribution is -2.41. The van der Waals surface area contributed by atoms with Crippen LogP contribution in [-0.4, -0.2) is 36.3 Å². The number of amides is 1. The minimum Gasteiger partial charge on any atom is -0.341 e. The van der Waals surface area contributed by atoms with Crippen LogP contribution in [-0.2, 0) is 5.54 Å². The van der Waals surface area contributed by atoms with Crippen LogP contribution in [0.25, 0.3) is 16.7 Å². The Morgan fingerprint density at radius 2 is 1.96 bits per heavy atom. The highest BCUT2D eigenvalue weighted by atomic mass is 19.1. The molecular weight excluding hydrogens is 349 g/mol. The van der Waals surface area contributed by atoms with Gasteiger partial charge >= 0.3 is 0 Å². The first-order chi connectivity index (χ1) is 12.9. The molecule has 0 aliphatic heterocycles. The van der Waals surface area contributed by atoms with E-state index in [0.29, 0.717) is 11.2 Å². The Morgan fingerprint density at radius 3 is 2.74 bits per heavy atom. The van der Waals surface area contributed by atoms with Crippen LogP contribution in [0.2, 0.25) is 0 Å². The Kier molecular flexibility index (Phi) is 3.91. The van der Waals surface area contributed by atoms with E-state index in [9.17, 15) is 9.18 Å². The Hall–Kier alpha value is -3.62. The van der Waals surface area contributed by atoms with Crippen molar-refractivity contribution in [1.82, 2.24) is 35.7 Å². The molecule has 2 aromatic heterocycles. The fraction of sp³-hybridized carbons (Fsp3) is 0.167. The molecule has 4 rings (SSSR count). The van der Waals surface area contributed by atoms with Gasteiger partial charge in [0.2, 0.25) is 0 Å². The first kappa shape index (κ1) is 16.8. The highest BCUT2D eigenvalue weighted by molar-refractivity contribution is 6.04. The first-order valence-electron chi connectivity index (χ1n) is 8.25. The summed E-state index contributed by atoms with van der Waals surface area (Å²) in [6.45, 7) is 3.59. The van der Waals surface area contributed by atoms with Crippen molar-refractivity contribution in [2.75, 3.05) is 0 Å². The number of nitrogens with zero attached hydrogens (tertiary/aromatic N) is 5. The second kappa shape index (κ2) is 6.27. The fourth-order valence-electron chi connectivity index (χ4n) is 2.76. The van der Waals surface area contributed by atoms with Crippen molar-refractivity contribution in [3.63, 3.8) is 0 Å². The number of carbonyl (C=O) groups is 1. The Labute approximate surface area is 153 Å². The van der Waals surface area contributed by atoms with Gasteiger partial charge in [0.15, 0.2) is 0 Å². The summed E-state index contributed by atoms with van der Waals surface area (Å²) in [7, 11) is 0. The second-order valence-electron chi connectivity index (χ2n) is 6.61. The van der Waals surface area contributed by atoms with E-state index >= 15 is 0 Å². The van der Waals surface area contributed by atoms with Gasteiger partial charge in [-0.25, -0.2) is 9.07 Å². The average Bonchev–Trinajstić information content (AvgIpc) is 3.31. The van der Waals surface area contributed by atoms with Crippen molar-refractivity contribution in [1.29, 1.82) is 0 Å². The number of para-hydroxylation sites is 1. The average molecular weight is 365 g/mol. The lowest BCUT2D eigenvalue weighted by molar-refractivity contribution is 0.0911. The van der Waals surface area contributed by atoms with Crippen LogP contribution in [0, 0.1) is 5.82 Å². The monoisotopic (exact) mass is 365 g/mol. The van der Waals surface area contributed by atoms with Gasteiger partial charge in [-0.15, -0.1) is 5.10 Å². The third-order valence-corrected chi connectivity index (χ3v) is 4.21. The molecule has 9 heteroatoms. The number of aromatic amines is 1. The van der Waals surface area contributed by atoms with E-state index in [4.69, 9.17) is 0 Å². The molecule has 0 atom stereocenters. The van der Waals surface area contributed by atoms with Gasteiger partial charge in [0.05, 0.1) is 23.0 Å². The molecule has 136 valence electrons. The molecule has 0 saturated heterocycles. The van der Waals surface area contributed by atoms with Gasteiger partial charge < -0.3 is 5.32 Å². The maximum absolute atomic E-state index is 13.8. The molecule has 0 fully saturated rings. The third-order valence-electron chi connectivity index (χ3n) is 4.21. The van der Waals surface area contributed by atoms with E-state index in [1.54, 1.807) is 24.7 Å². The molecule has 0 aliphatic rings. The van der Waals surface area contributed by atoms with E-state index in [1.165, 1.54) is 6.07 Å². The summed E-state index contributed by atoms with van der Waals surface area (Å²) in [5.41, 5.74) is 1.26. The molecule has 0 aliphatic carbocycles. The van der Waals surface area contributed by atoms with Crippen LogP contribution in [0.4, 0.5) is 4.39 Å². The number of hydrogen-bond donors (Lipinski definition) is 2. The SMILES string of the molecule is CC(C)(NC(=O)c1cc(F)cc2n[nH]nc12)c1cn(-c2ccccc2)nn1. The molecule has 8 nitrogen and oxygen atoms in total. The molecule has 2 heterocycles. The van der Waals surface area contributed by atoms with Gasteiger partial charge in [0.25, 0.3) is 5.91 Å². The Morgan fingerprint density at radius 1 is 1.19 bits per heavy atom. The van der Waals surface area contributed by atoms with E-state index in [-0.39, 0.29) is 11.1 Å². The van der Waals surface area contributed by atoms with Crippen molar-refractivity contribution in [2.45, 2.75) is 19.4 Å². The summed E-state index contributed by atoms with van der Waals surface area (Å²) < 4.78 is 15.4. The maximum Gasteiger partial charge on any atom is 0.254 e. The smallest absolute Gasteiger partial charge is 0.254 e. The van der Waals surface area contributed by atoms with Gasteiger partial charge in [0, 0.05) is 6.07 Å². The highest BCUT2D eigenvalue weighted by Gasteiger charge is 2.28. The molecule has 0 bridgehead atoms. The molecule has 4 aromatic rings. The zero-order chi connectivity index (χ0) is 19.0. The zero-order valence-electron chi connectivity index (χ0n) is 14.6. The number of carbonyl (C=O) groups excluding carboxylic acids is 1. The Bertz CT molecular complexity index is 1120. The normalized spacial score (nSPS) is 11.7. The third kappa shape index (κ3) is 3.14. The largest absolute Gasteiger partial charge is 0.341 e. The molecular formula is C18H16FN7O. The van der Waals surface area contributed by atoms with Crippen LogP contribution in [0.5, 0.6) is 0 Å². The molecule has 0 spiro atoms. The summed E-state index contributed by atoms with van der Waals surface area (Å²) in [6.07, 6.45) is 1.74. The standard InChI is InChI=1S/C18H16FN7O/c1-18(2,15-10-26(25-22-15)12-6-4-3-5-7-12)20-17(27)13-8-11(19)9-14-16(13)23-24-21-14/h3-10H,1-2H3,(H,20,27)(H,21,23,24). The number of rotatable bonds is 4. The van der Waals surface area contributed by atoms with E-state index in [0.717, 1.165) is 11.8 Å². The lowest BCUT2D eigenvalue weighted by atomic mass is 10.0. The topological polar surface area (TPSA) is 101 Å². The van der Waals surface area contributed by atoms with Gasteiger partial charge in [-0.3, -0.25) is 4.79 Å². The van der Waals surface area contributed by atoms with Gasteiger partial charge in [-0.2, -0.15) is 15.4 Å². The van der Waals surface area contributed by atoms with E-state index in [1.807, 2.05) is 30.3 Å². The predicted molar refractivity (Wildman–Crippen MR) is 95.7 cm³/mol. The van der Waals surface area contributed by atoms with Gasteiger partial charge in [-0.1, -0.05) is 23.4 Å². The molecule has 0 saturated carbocycles. The molecule has 0 unspecified atom stereocenters. The van der Waals surface area contributed by atoms with Crippen LogP contribution in [0.1, 0.15) is 29.9 Å². The van der Waals surface area contributed by atoms with Crippen LogP contribution in [0.3, 0.4) is 0 Å². The minimum atomic E-state index is -0.841. The number of halogens is 1. The number of aromatic nitrogens is 6. The fourth-order valence-corrected chi connectivity index (χ4v) is 2.76. The summed E-state index contributed by atoms with van der Waals surface area (Å²) in [5.74, 6) is -1.04. The van der Waals surface area contributed by atoms with Gasteiger partial charge in [-0.05, 0) is 32.0 Å². The minimum absolute atomic E-state index is 0.0993. The molecule has 1 amide bonds. The summed E-state index contributed by atoms with van der Waals surface area (Å²) in [6, 6.07) is 11.9. The van der Waals surface area contributed by atoms with Crippen LogP contribution >= 0.6 is 0 Å². The Balaban J connectivity index is 1.62. The van der Waals surface area contributed by atoms with Crippen molar-refractivity contribution < 1.29 is 9.18 Å². The summed E-state index contributed by atoms with van der Waals surface area (Å²) >= 11 is 0. The van der Waals surface area contributed by atoms with Crippen LogP contribution in [0.15, 0.2) is 48.7 Å². The van der Waals surface area contributed by atoms with Crippen molar-refractivity contribution >= 4 is 16.9 Å². The number of nitrogens with one attached hydrogen (secondary N) is 2. The molecule has 0 radical (unpaired) electrons. The maximum atomic E-state index is 13.8. The zero-order valence-corrected chi connectivity index (χ0v) is 14.6. The van der Waals surface area contributed by atoms with E-state index in [2.05, 4.69) is 31.0 Å². The molecule has 2 aromatic carbocycles. The molecule has 2 N–H and O–H groups in total. The van der Waals surface area contributed by atoms with Crippen molar-refractivity contribution in [3.8, 4) is 5.69 Å². The second-order valence-corrected chi connectivity index (χ2v) is 6.61. The molecule has 27 heavy (non-hydrogen) atoms. The number of H-pyrrole nitrogens is 1. The van der Waals surface area contributed by atoms with Crippen molar-refractivity contribution in [2.24, 2.45) is 0 Å². The predicted octanol–water partition coefficient (Wildman–Crippen LogP) is 2.34. The lowest BCUT2D eigenvalue weighted by Gasteiger charge is -2.23. The van der Waals surface area contributed by atoms with Gasteiger partial charge in [0.1, 0.15) is 22.5 Å². The first-order valence-corrected chi connectivity index (χ1v) is 8.25. The number of benzene rings is 2. The quantitative estimate of drug-likeness (QED) is 0.578. The number of fused-ring (bicyclic) bond motifs is 1. The summed E-state index contributed by atoms with van der Waals surface area (Å²) in [5, 5.41) is 21.3. The summed E-state index contributed by atoms with van der Waals surface area (Å²) in [4.78, 5) is 12.8. The highest BCUT2D eigenvalue weighted by Crippen LogP contribution is 2.22.